The summed E-state index contributed by atoms with van der Waals surface area (Å²) in [5.41, 5.74) is 0.849. The topological polar surface area (TPSA) is 90.7 Å². The van der Waals surface area contributed by atoms with Gasteiger partial charge in [-0.1, -0.05) is 0 Å². The van der Waals surface area contributed by atoms with Crippen molar-refractivity contribution in [2.75, 3.05) is 45.8 Å². The second-order valence-electron chi connectivity index (χ2n) is 8.08. The number of aromatic nitrogens is 1. The van der Waals surface area contributed by atoms with E-state index in [2.05, 4.69) is 20.5 Å². The summed E-state index contributed by atoms with van der Waals surface area (Å²) in [6, 6.07) is 3.52. The van der Waals surface area contributed by atoms with Crippen molar-refractivity contribution >= 4 is 22.8 Å². The van der Waals surface area contributed by atoms with E-state index in [-0.39, 0.29) is 17.9 Å². The highest BCUT2D eigenvalue weighted by Crippen LogP contribution is 2.27. The van der Waals surface area contributed by atoms with Crippen LogP contribution in [-0.2, 0) is 0 Å². The van der Waals surface area contributed by atoms with Gasteiger partial charge in [0.2, 0.25) is 0 Å². The van der Waals surface area contributed by atoms with Gasteiger partial charge in [0.05, 0.1) is 0 Å². The molecule has 3 atom stereocenters. The Bertz CT molecular complexity index is 892. The lowest BCUT2D eigenvalue weighted by Gasteiger charge is -2.30. The van der Waals surface area contributed by atoms with Gasteiger partial charge < -0.3 is 24.9 Å². The van der Waals surface area contributed by atoms with Crippen LogP contribution in [0.3, 0.4) is 0 Å². The van der Waals surface area contributed by atoms with Crippen molar-refractivity contribution in [2.24, 2.45) is 5.92 Å². The van der Waals surface area contributed by atoms with Crippen molar-refractivity contribution < 1.29 is 14.0 Å². The molecular weight excluding hydrogens is 358 g/mol. The molecule has 2 aromatic rings. The van der Waals surface area contributed by atoms with Crippen LogP contribution in [0.5, 0.6) is 0 Å². The number of carbonyl (C=O) groups excluding carboxylic acids is 2. The number of rotatable bonds is 3. The van der Waals surface area contributed by atoms with E-state index >= 15 is 0 Å². The molecular formula is C20H25N5O3. The number of pyridine rings is 1. The third kappa shape index (κ3) is 3.38. The van der Waals surface area contributed by atoms with Gasteiger partial charge in [-0.2, -0.15) is 0 Å². The number of hydrogen-bond acceptors (Lipinski definition) is 6. The Morgan fingerprint density at radius 3 is 2.86 bits per heavy atom. The third-order valence-corrected chi connectivity index (χ3v) is 6.05. The minimum Gasteiger partial charge on any atom is -0.451 e. The summed E-state index contributed by atoms with van der Waals surface area (Å²) in [7, 11) is 0. The van der Waals surface area contributed by atoms with Crippen LogP contribution in [0.1, 0.15) is 33.9 Å². The van der Waals surface area contributed by atoms with E-state index in [1.54, 1.807) is 23.2 Å². The van der Waals surface area contributed by atoms with Crippen molar-refractivity contribution in [3.8, 4) is 0 Å². The van der Waals surface area contributed by atoms with Crippen LogP contribution in [0.25, 0.3) is 11.0 Å². The van der Waals surface area contributed by atoms with E-state index in [1.165, 1.54) is 6.42 Å². The van der Waals surface area contributed by atoms with Crippen LogP contribution in [0, 0.1) is 5.92 Å². The Morgan fingerprint density at radius 2 is 2.04 bits per heavy atom. The van der Waals surface area contributed by atoms with Crippen molar-refractivity contribution in [1.82, 2.24) is 25.4 Å². The highest BCUT2D eigenvalue weighted by molar-refractivity contribution is 5.98. The summed E-state index contributed by atoms with van der Waals surface area (Å²) < 4.78 is 5.77. The minimum absolute atomic E-state index is 0.115. The zero-order valence-corrected chi connectivity index (χ0v) is 15.8. The molecule has 5 heterocycles. The van der Waals surface area contributed by atoms with Gasteiger partial charge in [-0.25, -0.2) is 0 Å². The normalized spacial score (nSPS) is 27.1. The quantitative estimate of drug-likeness (QED) is 0.811. The fraction of sp³-hybridized carbons (Fsp3) is 0.550. The summed E-state index contributed by atoms with van der Waals surface area (Å²) in [5.74, 6) is 0.697. The number of nitrogens with zero attached hydrogens (tertiary/aromatic N) is 3. The number of piperazine rings is 1. The lowest BCUT2D eigenvalue weighted by Crippen LogP contribution is -2.47. The van der Waals surface area contributed by atoms with Crippen molar-refractivity contribution in [3.05, 3.63) is 29.8 Å². The molecule has 2 amide bonds. The minimum atomic E-state index is -0.180. The molecule has 0 aromatic carbocycles. The molecule has 0 aliphatic carbocycles. The second kappa shape index (κ2) is 7.18. The first kappa shape index (κ1) is 17.6. The van der Waals surface area contributed by atoms with Crippen LogP contribution in [0.4, 0.5) is 0 Å². The average Bonchev–Trinajstić information content (AvgIpc) is 3.30. The van der Waals surface area contributed by atoms with Crippen molar-refractivity contribution in [1.29, 1.82) is 0 Å². The number of furan rings is 1. The van der Waals surface area contributed by atoms with Gasteiger partial charge in [0.15, 0.2) is 5.76 Å². The number of carbonyl (C=O) groups is 2. The van der Waals surface area contributed by atoms with Crippen LogP contribution in [0.15, 0.2) is 22.7 Å². The fourth-order valence-corrected chi connectivity index (χ4v) is 4.61. The molecule has 3 saturated heterocycles. The van der Waals surface area contributed by atoms with Gasteiger partial charge >= 0.3 is 0 Å². The third-order valence-electron chi connectivity index (χ3n) is 6.05. The van der Waals surface area contributed by atoms with Crippen LogP contribution < -0.4 is 10.6 Å². The van der Waals surface area contributed by atoms with E-state index in [9.17, 15) is 9.59 Å². The summed E-state index contributed by atoms with van der Waals surface area (Å²) in [4.78, 5) is 33.8. The van der Waals surface area contributed by atoms with Crippen LogP contribution >= 0.6 is 0 Å². The molecule has 28 heavy (non-hydrogen) atoms. The number of piperidine rings is 1. The summed E-state index contributed by atoms with van der Waals surface area (Å²) in [6.45, 7) is 6.12. The molecule has 2 N–H and O–H groups in total. The number of fused-ring (bicyclic) bond motifs is 3. The van der Waals surface area contributed by atoms with E-state index < -0.39 is 0 Å². The molecule has 3 aliphatic heterocycles. The predicted molar refractivity (Wildman–Crippen MR) is 103 cm³/mol. The molecule has 0 radical (unpaired) electrons. The van der Waals surface area contributed by atoms with Gasteiger partial charge in [0.25, 0.3) is 11.8 Å². The molecule has 3 fully saturated rings. The number of hydrogen-bond donors (Lipinski definition) is 2. The number of amides is 2. The summed E-state index contributed by atoms with van der Waals surface area (Å²) in [6.07, 6.45) is 3.87. The maximum Gasteiger partial charge on any atom is 0.289 e. The zero-order valence-electron chi connectivity index (χ0n) is 15.8. The maximum atomic E-state index is 12.7. The predicted octanol–water partition coefficient (Wildman–Crippen LogP) is 0.697. The maximum absolute atomic E-state index is 12.7. The molecule has 1 unspecified atom stereocenters. The molecule has 8 nitrogen and oxygen atoms in total. The fourth-order valence-electron chi connectivity index (χ4n) is 4.61. The highest BCUT2D eigenvalue weighted by Gasteiger charge is 2.33. The van der Waals surface area contributed by atoms with Gasteiger partial charge in [-0.15, -0.1) is 0 Å². The van der Waals surface area contributed by atoms with Gasteiger partial charge in [-0.05, 0) is 31.4 Å². The highest BCUT2D eigenvalue weighted by atomic mass is 16.3. The van der Waals surface area contributed by atoms with Crippen LogP contribution in [-0.4, -0.2) is 78.5 Å². The van der Waals surface area contributed by atoms with Crippen molar-refractivity contribution in [2.45, 2.75) is 18.9 Å². The Hall–Kier alpha value is -2.45. The molecule has 5 rings (SSSR count). The molecule has 148 valence electrons. The van der Waals surface area contributed by atoms with E-state index in [4.69, 9.17) is 4.42 Å². The first-order valence-electron chi connectivity index (χ1n) is 10.1. The van der Waals surface area contributed by atoms with E-state index in [0.717, 1.165) is 44.5 Å². The van der Waals surface area contributed by atoms with Gasteiger partial charge in [0.1, 0.15) is 11.3 Å². The second-order valence-corrected chi connectivity index (χ2v) is 8.08. The SMILES string of the molecule is O=C(N[C@@H]1C[C@@H]2CCN(C2)C1)c1cc2oc(C(=O)N3CCNCC3)cc2cn1. The molecule has 0 spiro atoms. The van der Waals surface area contributed by atoms with Crippen LogP contribution in [0.2, 0.25) is 0 Å². The Morgan fingerprint density at radius 1 is 1.18 bits per heavy atom. The lowest BCUT2D eigenvalue weighted by molar-refractivity contribution is 0.0706. The first-order valence-corrected chi connectivity index (χ1v) is 10.1. The van der Waals surface area contributed by atoms with E-state index in [0.29, 0.717) is 36.0 Å². The zero-order chi connectivity index (χ0) is 19.1. The molecule has 3 aliphatic rings. The summed E-state index contributed by atoms with van der Waals surface area (Å²) >= 11 is 0. The standard InChI is InChI=1S/C20H25N5O3/c26-19(23-15-7-13-1-4-24(11-13)12-15)16-9-17-14(10-22-16)8-18(28-17)20(27)25-5-2-21-3-6-25/h8-10,13,15,21H,1-7,11-12H2,(H,23,26)/t13-,15+/m0/s1. The summed E-state index contributed by atoms with van der Waals surface area (Å²) in [5, 5.41) is 7.08. The molecule has 2 bridgehead atoms. The van der Waals surface area contributed by atoms with Gasteiger partial charge in [-0.3, -0.25) is 14.6 Å². The Kier molecular flexibility index (Phi) is 4.52. The average molecular weight is 383 g/mol. The Labute approximate surface area is 163 Å². The molecule has 2 aromatic heterocycles. The first-order chi connectivity index (χ1) is 13.7. The lowest BCUT2D eigenvalue weighted by atomic mass is 9.97. The number of nitrogens with one attached hydrogen (secondary N) is 2. The monoisotopic (exact) mass is 383 g/mol. The largest absolute Gasteiger partial charge is 0.451 e. The van der Waals surface area contributed by atoms with Gasteiger partial charge in [0, 0.05) is 63.0 Å². The Balaban J connectivity index is 1.30. The van der Waals surface area contributed by atoms with Crippen molar-refractivity contribution in [3.63, 3.8) is 0 Å². The molecule has 0 saturated carbocycles. The molecule has 8 heteroatoms. The van der Waals surface area contributed by atoms with E-state index in [1.807, 2.05) is 0 Å². The smallest absolute Gasteiger partial charge is 0.289 e.